The Morgan fingerprint density at radius 1 is 1.30 bits per heavy atom. The lowest BCUT2D eigenvalue weighted by Crippen LogP contribution is -2.52. The molecule has 0 atom stereocenters. The van der Waals surface area contributed by atoms with E-state index in [4.69, 9.17) is 4.65 Å². The third-order valence-corrected chi connectivity index (χ3v) is 5.04. The third-order valence-electron chi connectivity index (χ3n) is 3.49. The average molecular weight is 311 g/mol. The van der Waals surface area contributed by atoms with Gasteiger partial charge < -0.3 is 14.8 Å². The van der Waals surface area contributed by atoms with E-state index in [-0.39, 0.29) is 0 Å². The monoisotopic (exact) mass is 311 g/mol. The number of thiophene rings is 1. The molecule has 0 saturated carbocycles. The van der Waals surface area contributed by atoms with Crippen LogP contribution in [-0.2, 0) is 4.65 Å². The molecule has 20 heavy (non-hydrogen) atoms. The van der Waals surface area contributed by atoms with E-state index in [9.17, 15) is 10.1 Å². The van der Waals surface area contributed by atoms with Gasteiger partial charge in [0.2, 0.25) is 0 Å². The summed E-state index contributed by atoms with van der Waals surface area (Å²) in [5, 5.41) is 24.4. The van der Waals surface area contributed by atoms with E-state index in [1.165, 1.54) is 11.3 Å². The Kier molecular flexibility index (Phi) is 4.37. The largest absolute Gasteiger partial charge is 0.504 e. The molecule has 2 N–H and O–H groups in total. The average Bonchev–Trinajstić information content (AvgIpc) is 2.97. The third kappa shape index (κ3) is 3.12. The molecular formula is C13H18BNO3S2. The predicted octanol–water partition coefficient (Wildman–Crippen LogP) is 2.13. The van der Waals surface area contributed by atoms with Crippen LogP contribution in [0.3, 0.4) is 0 Å². The van der Waals surface area contributed by atoms with Gasteiger partial charge in [0.15, 0.2) is 0 Å². The molecule has 2 aromatic heterocycles. The summed E-state index contributed by atoms with van der Waals surface area (Å²) in [6.45, 7) is 6.82. The van der Waals surface area contributed by atoms with E-state index in [0.717, 1.165) is 11.3 Å². The van der Waals surface area contributed by atoms with Crippen molar-refractivity contribution in [2.75, 3.05) is 0 Å². The van der Waals surface area contributed by atoms with E-state index in [1.807, 2.05) is 16.8 Å². The molecule has 0 radical (unpaired) electrons. The minimum Gasteiger partial charge on any atom is -0.422 e. The van der Waals surface area contributed by atoms with Crippen molar-refractivity contribution < 1.29 is 14.8 Å². The van der Waals surface area contributed by atoms with Gasteiger partial charge in [-0.05, 0) is 39.1 Å². The molecule has 0 saturated heterocycles. The first-order chi connectivity index (χ1) is 9.22. The number of hydrogen-bond donors (Lipinski definition) is 2. The summed E-state index contributed by atoms with van der Waals surface area (Å²) in [7, 11) is -1.11. The smallest absolute Gasteiger partial charge is 0.422 e. The second kappa shape index (κ2) is 5.58. The van der Waals surface area contributed by atoms with Crippen molar-refractivity contribution in [2.45, 2.75) is 38.9 Å². The van der Waals surface area contributed by atoms with Crippen LogP contribution in [0.5, 0.6) is 0 Å². The molecule has 0 aliphatic carbocycles. The maximum absolute atomic E-state index is 10.3. The van der Waals surface area contributed by atoms with Crippen molar-refractivity contribution in [3.05, 3.63) is 22.3 Å². The van der Waals surface area contributed by atoms with E-state index in [0.29, 0.717) is 4.78 Å². The van der Waals surface area contributed by atoms with Crippen LogP contribution in [0.2, 0.25) is 0 Å². The van der Waals surface area contributed by atoms with Gasteiger partial charge in [-0.3, -0.25) is 0 Å². The van der Waals surface area contributed by atoms with Crippen LogP contribution >= 0.6 is 22.7 Å². The molecule has 0 aliphatic heterocycles. The van der Waals surface area contributed by atoms with Crippen LogP contribution in [0.25, 0.3) is 11.3 Å². The normalized spacial score (nSPS) is 12.7. The van der Waals surface area contributed by atoms with Crippen molar-refractivity contribution in [1.29, 1.82) is 0 Å². The number of rotatable bonds is 5. The first kappa shape index (κ1) is 15.7. The Bertz CT molecular complexity index is 560. The number of thiazole rings is 1. The van der Waals surface area contributed by atoms with Crippen LogP contribution in [0.4, 0.5) is 0 Å². The molecule has 0 aromatic carbocycles. The van der Waals surface area contributed by atoms with Gasteiger partial charge in [0.1, 0.15) is 0 Å². The summed E-state index contributed by atoms with van der Waals surface area (Å²) in [6.07, 6.45) is 0. The molecule has 108 valence electrons. The van der Waals surface area contributed by atoms with Gasteiger partial charge in [0.05, 0.1) is 27.2 Å². The summed E-state index contributed by atoms with van der Waals surface area (Å²) < 4.78 is 6.32. The molecule has 0 unspecified atom stereocenters. The second-order valence-corrected chi connectivity index (χ2v) is 7.28. The first-order valence-corrected chi connectivity index (χ1v) is 8.09. The zero-order chi connectivity index (χ0) is 15.0. The minimum atomic E-state index is -1.11. The van der Waals surface area contributed by atoms with Crippen LogP contribution in [0, 0.1) is 0 Å². The van der Waals surface area contributed by atoms with Crippen molar-refractivity contribution in [2.24, 2.45) is 0 Å². The Morgan fingerprint density at radius 2 is 2.00 bits per heavy atom. The Labute approximate surface area is 127 Å². The first-order valence-electron chi connectivity index (χ1n) is 6.26. The highest BCUT2D eigenvalue weighted by atomic mass is 32.1. The molecular weight excluding hydrogens is 293 g/mol. The fourth-order valence-electron chi connectivity index (χ4n) is 1.52. The SMILES string of the molecule is CC(C)(O)C(C)(C)OB(O)c1scnc1-c1ccsc1. The van der Waals surface area contributed by atoms with Gasteiger partial charge >= 0.3 is 7.12 Å². The summed E-state index contributed by atoms with van der Waals surface area (Å²) in [4.78, 5) is 4.29. The van der Waals surface area contributed by atoms with Gasteiger partial charge in [-0.15, -0.1) is 11.3 Å². The van der Waals surface area contributed by atoms with E-state index in [2.05, 4.69) is 4.98 Å². The lowest BCUT2D eigenvalue weighted by molar-refractivity contribution is -0.0981. The number of hydrogen-bond acceptors (Lipinski definition) is 6. The second-order valence-electron chi connectivity index (χ2n) is 5.62. The number of aliphatic hydroxyl groups is 1. The highest BCUT2D eigenvalue weighted by Crippen LogP contribution is 2.27. The molecule has 7 heteroatoms. The number of nitrogens with zero attached hydrogens (tertiary/aromatic N) is 1. The number of aromatic nitrogens is 1. The lowest BCUT2D eigenvalue weighted by Gasteiger charge is -2.38. The summed E-state index contributed by atoms with van der Waals surface area (Å²) in [5.41, 5.74) is 1.43. The topological polar surface area (TPSA) is 62.6 Å². The molecule has 0 spiro atoms. The summed E-state index contributed by atoms with van der Waals surface area (Å²) in [6, 6.07) is 1.96. The molecule has 0 fully saturated rings. The van der Waals surface area contributed by atoms with E-state index >= 15 is 0 Å². The standard InChI is InChI=1S/C13H18BNO3S2/c1-12(2,16)13(3,4)18-14(17)11-10(15-8-20-11)9-5-6-19-7-9/h5-8,16-17H,1-4H3. The fourth-order valence-corrected chi connectivity index (χ4v) is 2.88. The van der Waals surface area contributed by atoms with Gasteiger partial charge in [-0.1, -0.05) is 0 Å². The van der Waals surface area contributed by atoms with Gasteiger partial charge in [-0.25, -0.2) is 4.98 Å². The molecule has 2 rings (SSSR count). The molecule has 0 bridgehead atoms. The summed E-state index contributed by atoms with van der Waals surface area (Å²) in [5.74, 6) is 0. The lowest BCUT2D eigenvalue weighted by atomic mass is 9.80. The van der Waals surface area contributed by atoms with E-state index < -0.39 is 18.3 Å². The maximum Gasteiger partial charge on any atom is 0.504 e. The molecule has 4 nitrogen and oxygen atoms in total. The maximum atomic E-state index is 10.3. The Morgan fingerprint density at radius 3 is 2.55 bits per heavy atom. The van der Waals surface area contributed by atoms with Crippen LogP contribution in [0.1, 0.15) is 27.7 Å². The Hall–Kier alpha value is -0.725. The van der Waals surface area contributed by atoms with Crippen LogP contribution in [-0.4, -0.2) is 33.4 Å². The minimum absolute atomic E-state index is 0.653. The summed E-state index contributed by atoms with van der Waals surface area (Å²) >= 11 is 2.92. The Balaban J connectivity index is 2.23. The van der Waals surface area contributed by atoms with Crippen LogP contribution < -0.4 is 4.78 Å². The highest BCUT2D eigenvalue weighted by molar-refractivity contribution is 7.21. The van der Waals surface area contributed by atoms with Crippen molar-refractivity contribution >= 4 is 34.6 Å². The van der Waals surface area contributed by atoms with Crippen molar-refractivity contribution in [3.63, 3.8) is 0 Å². The van der Waals surface area contributed by atoms with Gasteiger partial charge in [-0.2, -0.15) is 11.3 Å². The van der Waals surface area contributed by atoms with E-state index in [1.54, 1.807) is 44.5 Å². The molecule has 0 amide bonds. The van der Waals surface area contributed by atoms with Crippen LogP contribution in [0.15, 0.2) is 22.3 Å². The zero-order valence-electron chi connectivity index (χ0n) is 12.0. The van der Waals surface area contributed by atoms with Crippen molar-refractivity contribution in [3.8, 4) is 11.3 Å². The molecule has 2 heterocycles. The quantitative estimate of drug-likeness (QED) is 0.830. The van der Waals surface area contributed by atoms with Crippen molar-refractivity contribution in [1.82, 2.24) is 4.98 Å². The highest BCUT2D eigenvalue weighted by Gasteiger charge is 2.40. The van der Waals surface area contributed by atoms with Gasteiger partial charge in [0.25, 0.3) is 0 Å². The predicted molar refractivity (Wildman–Crippen MR) is 84.5 cm³/mol. The van der Waals surface area contributed by atoms with Gasteiger partial charge in [0, 0.05) is 10.9 Å². The zero-order valence-corrected chi connectivity index (χ0v) is 13.6. The fraction of sp³-hybridized carbons (Fsp3) is 0.462. The molecule has 2 aromatic rings. The molecule has 0 aliphatic rings.